The summed E-state index contributed by atoms with van der Waals surface area (Å²) in [5, 5.41) is 2.74. The van der Waals surface area contributed by atoms with Crippen molar-refractivity contribution in [3.05, 3.63) is 51.9 Å². The molecule has 0 spiro atoms. The number of amides is 3. The third kappa shape index (κ3) is 4.05. The van der Waals surface area contributed by atoms with Crippen LogP contribution in [0.5, 0.6) is 0 Å². The summed E-state index contributed by atoms with van der Waals surface area (Å²) in [6.45, 7) is 1.69. The highest BCUT2D eigenvalue weighted by Gasteiger charge is 2.37. The van der Waals surface area contributed by atoms with Gasteiger partial charge in [0, 0.05) is 39.7 Å². The van der Waals surface area contributed by atoms with Crippen molar-refractivity contribution in [1.29, 1.82) is 0 Å². The normalized spacial score (nSPS) is 15.9. The lowest BCUT2D eigenvalue weighted by atomic mass is 9.92. The summed E-state index contributed by atoms with van der Waals surface area (Å²) in [6.07, 6.45) is 0.403. The zero-order valence-electron chi connectivity index (χ0n) is 15.3. The van der Waals surface area contributed by atoms with E-state index >= 15 is 0 Å². The maximum atomic E-state index is 13.0. The fraction of sp³-hybridized carbons (Fsp3) is 0.316. The Kier molecular flexibility index (Phi) is 5.36. The van der Waals surface area contributed by atoms with Gasteiger partial charge in [0.05, 0.1) is 0 Å². The van der Waals surface area contributed by atoms with Crippen LogP contribution in [-0.4, -0.2) is 47.7 Å². The number of benzene rings is 1. The largest absolute Gasteiger partial charge is 0.444 e. The van der Waals surface area contributed by atoms with Gasteiger partial charge in [0.15, 0.2) is 10.4 Å². The highest BCUT2D eigenvalue weighted by atomic mass is 79.9. The third-order valence-corrected chi connectivity index (χ3v) is 4.85. The van der Waals surface area contributed by atoms with Crippen LogP contribution in [0.4, 0.5) is 5.69 Å². The average Bonchev–Trinajstić information content (AvgIpc) is 3.05. The van der Waals surface area contributed by atoms with Crippen molar-refractivity contribution in [2.24, 2.45) is 0 Å². The molecule has 0 saturated carbocycles. The molecule has 3 amide bonds. The molecule has 1 aromatic heterocycles. The Morgan fingerprint density at radius 2 is 1.93 bits per heavy atom. The van der Waals surface area contributed by atoms with Crippen LogP contribution in [-0.2, 0) is 22.6 Å². The molecule has 2 heterocycles. The van der Waals surface area contributed by atoms with Crippen LogP contribution in [0.25, 0.3) is 0 Å². The molecule has 0 aliphatic carbocycles. The SMILES string of the molecule is CC(=O)Nc1ccc2c(c1)CN(C(=O)c1ccc(Br)o1)C(C(=O)N(C)C)C2. The van der Waals surface area contributed by atoms with Gasteiger partial charge in [-0.2, -0.15) is 0 Å². The number of halogens is 1. The lowest BCUT2D eigenvalue weighted by molar-refractivity contribution is -0.134. The molecule has 1 aliphatic heterocycles. The highest BCUT2D eigenvalue weighted by Crippen LogP contribution is 2.29. The molecule has 2 aromatic rings. The van der Waals surface area contributed by atoms with Gasteiger partial charge < -0.3 is 19.5 Å². The minimum absolute atomic E-state index is 0.148. The van der Waals surface area contributed by atoms with Crippen LogP contribution in [0.3, 0.4) is 0 Å². The van der Waals surface area contributed by atoms with Crippen LogP contribution in [0.1, 0.15) is 28.6 Å². The van der Waals surface area contributed by atoms with Crippen molar-refractivity contribution < 1.29 is 18.8 Å². The summed E-state index contributed by atoms with van der Waals surface area (Å²) in [6, 6.07) is 8.14. The summed E-state index contributed by atoms with van der Waals surface area (Å²) in [7, 11) is 3.34. The van der Waals surface area contributed by atoms with E-state index < -0.39 is 6.04 Å². The van der Waals surface area contributed by atoms with Gasteiger partial charge in [0.2, 0.25) is 11.8 Å². The standard InChI is InChI=1S/C19H20BrN3O4/c1-11(24)21-14-5-4-12-9-15(18(25)22(2)3)23(10-13(12)8-14)19(26)16-6-7-17(20)27-16/h4-8,15H,9-10H2,1-3H3,(H,21,24). The number of rotatable bonds is 3. The van der Waals surface area contributed by atoms with Crippen LogP contribution in [0.2, 0.25) is 0 Å². The first kappa shape index (κ1) is 19.2. The molecule has 0 saturated heterocycles. The van der Waals surface area contributed by atoms with Crippen LogP contribution < -0.4 is 5.32 Å². The molecule has 1 unspecified atom stereocenters. The first-order valence-corrected chi connectivity index (χ1v) is 9.22. The number of nitrogens with one attached hydrogen (secondary N) is 1. The van der Waals surface area contributed by atoms with E-state index in [1.807, 2.05) is 12.1 Å². The molecule has 1 N–H and O–H groups in total. The van der Waals surface area contributed by atoms with E-state index in [0.717, 1.165) is 11.1 Å². The predicted octanol–water partition coefficient (Wildman–Crippen LogP) is 2.66. The molecular formula is C19H20BrN3O4. The average molecular weight is 434 g/mol. The molecule has 0 fully saturated rings. The first-order valence-electron chi connectivity index (χ1n) is 8.43. The van der Waals surface area contributed by atoms with Gasteiger partial charge in [-0.15, -0.1) is 0 Å². The molecule has 7 nitrogen and oxygen atoms in total. The topological polar surface area (TPSA) is 82.9 Å². The lowest BCUT2D eigenvalue weighted by Crippen LogP contribution is -2.52. The predicted molar refractivity (Wildman–Crippen MR) is 103 cm³/mol. The molecule has 1 aromatic carbocycles. The van der Waals surface area contributed by atoms with Crippen molar-refractivity contribution in [1.82, 2.24) is 9.80 Å². The summed E-state index contributed by atoms with van der Waals surface area (Å²) in [5.74, 6) is -0.498. The van der Waals surface area contributed by atoms with Gasteiger partial charge in [0.25, 0.3) is 5.91 Å². The monoisotopic (exact) mass is 433 g/mol. The lowest BCUT2D eigenvalue weighted by Gasteiger charge is -2.37. The summed E-state index contributed by atoms with van der Waals surface area (Å²) in [4.78, 5) is 40.0. The zero-order chi connectivity index (χ0) is 19.7. The van der Waals surface area contributed by atoms with Gasteiger partial charge in [0.1, 0.15) is 6.04 Å². The highest BCUT2D eigenvalue weighted by molar-refractivity contribution is 9.10. The number of furan rings is 1. The second-order valence-corrected chi connectivity index (χ2v) is 7.44. The van der Waals surface area contributed by atoms with Gasteiger partial charge >= 0.3 is 0 Å². The van der Waals surface area contributed by atoms with E-state index in [9.17, 15) is 14.4 Å². The third-order valence-electron chi connectivity index (χ3n) is 4.43. The van der Waals surface area contributed by atoms with E-state index in [1.165, 1.54) is 16.7 Å². The minimum Gasteiger partial charge on any atom is -0.444 e. The Bertz CT molecular complexity index is 906. The van der Waals surface area contributed by atoms with Crippen molar-refractivity contribution in [2.75, 3.05) is 19.4 Å². The number of fused-ring (bicyclic) bond motifs is 1. The number of anilines is 1. The summed E-state index contributed by atoms with van der Waals surface area (Å²) < 4.78 is 5.85. The number of nitrogens with zero attached hydrogens (tertiary/aromatic N) is 2. The number of hydrogen-bond donors (Lipinski definition) is 1. The Hall–Kier alpha value is -2.61. The summed E-state index contributed by atoms with van der Waals surface area (Å²) in [5.41, 5.74) is 2.53. The fourth-order valence-corrected chi connectivity index (χ4v) is 3.47. The van der Waals surface area contributed by atoms with Crippen molar-refractivity contribution in [3.8, 4) is 0 Å². The Labute approximate surface area is 165 Å². The first-order chi connectivity index (χ1) is 12.8. The molecule has 0 bridgehead atoms. The smallest absolute Gasteiger partial charge is 0.290 e. The van der Waals surface area contributed by atoms with Gasteiger partial charge in [-0.05, 0) is 51.3 Å². The van der Waals surface area contributed by atoms with E-state index in [4.69, 9.17) is 4.42 Å². The quantitative estimate of drug-likeness (QED) is 0.806. The van der Waals surface area contributed by atoms with Crippen molar-refractivity contribution >= 4 is 39.3 Å². The van der Waals surface area contributed by atoms with Gasteiger partial charge in [-0.25, -0.2) is 0 Å². The van der Waals surface area contributed by atoms with Gasteiger partial charge in [-0.1, -0.05) is 6.07 Å². The second-order valence-electron chi connectivity index (χ2n) is 6.65. The molecule has 1 atom stereocenters. The maximum Gasteiger partial charge on any atom is 0.290 e. The number of carbonyl (C=O) groups excluding carboxylic acids is 3. The number of likely N-dealkylation sites (N-methyl/N-ethyl adjacent to an activating group) is 1. The van der Waals surface area contributed by atoms with Crippen LogP contribution >= 0.6 is 15.9 Å². The molecule has 1 aliphatic rings. The molecule has 142 valence electrons. The van der Waals surface area contributed by atoms with E-state index in [2.05, 4.69) is 21.2 Å². The Morgan fingerprint density at radius 1 is 1.19 bits per heavy atom. The summed E-state index contributed by atoms with van der Waals surface area (Å²) >= 11 is 3.20. The second kappa shape index (κ2) is 7.56. The fourth-order valence-electron chi connectivity index (χ4n) is 3.17. The molecule has 8 heteroatoms. The van der Waals surface area contributed by atoms with Crippen LogP contribution in [0, 0.1) is 0 Å². The Morgan fingerprint density at radius 3 is 2.52 bits per heavy atom. The Balaban J connectivity index is 1.97. The molecule has 3 rings (SSSR count). The number of carbonyl (C=O) groups is 3. The van der Waals surface area contributed by atoms with E-state index in [1.54, 1.807) is 32.3 Å². The van der Waals surface area contributed by atoms with E-state index in [-0.39, 0.29) is 30.0 Å². The molecule has 0 radical (unpaired) electrons. The van der Waals surface area contributed by atoms with Gasteiger partial charge in [-0.3, -0.25) is 14.4 Å². The number of hydrogen-bond acceptors (Lipinski definition) is 4. The zero-order valence-corrected chi connectivity index (χ0v) is 16.9. The maximum absolute atomic E-state index is 13.0. The molecular weight excluding hydrogens is 414 g/mol. The van der Waals surface area contributed by atoms with E-state index in [0.29, 0.717) is 16.8 Å². The molecule has 27 heavy (non-hydrogen) atoms. The minimum atomic E-state index is -0.615. The van der Waals surface area contributed by atoms with Crippen molar-refractivity contribution in [3.63, 3.8) is 0 Å². The van der Waals surface area contributed by atoms with Crippen LogP contribution in [0.15, 0.2) is 39.4 Å². The van der Waals surface area contributed by atoms with Crippen molar-refractivity contribution in [2.45, 2.75) is 25.9 Å².